The maximum absolute atomic E-state index is 13.4. The Morgan fingerprint density at radius 1 is 1.06 bits per heavy atom. The van der Waals surface area contributed by atoms with E-state index in [1.54, 1.807) is 36.4 Å². The highest BCUT2D eigenvalue weighted by atomic mass is 32.2. The van der Waals surface area contributed by atoms with Gasteiger partial charge in [0.2, 0.25) is 0 Å². The summed E-state index contributed by atoms with van der Waals surface area (Å²) in [6.45, 7) is 0. The Morgan fingerprint density at radius 2 is 1.71 bits per heavy atom. The SMILES string of the molecule is COc1ccc(Sc2ccc(O)cc2)cc1F. The fraction of sp³-hybridized carbons (Fsp3) is 0.0769. The number of hydrogen-bond acceptors (Lipinski definition) is 3. The number of phenols is 1. The Hall–Kier alpha value is -1.68. The standard InChI is InChI=1S/C13H11FO2S/c1-16-13-7-6-11(8-12(13)14)17-10-4-2-9(15)3-5-10/h2-8,15H,1H3. The van der Waals surface area contributed by atoms with Crippen molar-refractivity contribution in [2.45, 2.75) is 9.79 Å². The van der Waals surface area contributed by atoms with Crippen molar-refractivity contribution in [3.8, 4) is 11.5 Å². The lowest BCUT2D eigenvalue weighted by Crippen LogP contribution is -1.87. The highest BCUT2D eigenvalue weighted by Crippen LogP contribution is 2.31. The number of ether oxygens (including phenoxy) is 1. The van der Waals surface area contributed by atoms with Crippen molar-refractivity contribution in [2.24, 2.45) is 0 Å². The number of aromatic hydroxyl groups is 1. The van der Waals surface area contributed by atoms with Crippen LogP contribution in [0, 0.1) is 5.82 Å². The van der Waals surface area contributed by atoms with Gasteiger partial charge in [0.1, 0.15) is 5.75 Å². The molecule has 0 unspecified atom stereocenters. The second-order valence-corrected chi connectivity index (χ2v) is 4.54. The summed E-state index contributed by atoms with van der Waals surface area (Å²) in [4.78, 5) is 1.72. The van der Waals surface area contributed by atoms with Crippen LogP contribution in [0.2, 0.25) is 0 Å². The first-order valence-corrected chi connectivity index (χ1v) is 5.81. The molecule has 0 saturated carbocycles. The van der Waals surface area contributed by atoms with Gasteiger partial charge in [0, 0.05) is 9.79 Å². The van der Waals surface area contributed by atoms with Crippen molar-refractivity contribution in [1.29, 1.82) is 0 Å². The van der Waals surface area contributed by atoms with Gasteiger partial charge in [-0.2, -0.15) is 0 Å². The van der Waals surface area contributed by atoms with Gasteiger partial charge in [-0.15, -0.1) is 0 Å². The van der Waals surface area contributed by atoms with Gasteiger partial charge in [0.15, 0.2) is 11.6 Å². The molecule has 0 saturated heterocycles. The summed E-state index contributed by atoms with van der Waals surface area (Å²) < 4.78 is 18.3. The topological polar surface area (TPSA) is 29.5 Å². The molecule has 0 bridgehead atoms. The van der Waals surface area contributed by atoms with Crippen LogP contribution in [0.5, 0.6) is 11.5 Å². The number of halogens is 1. The molecule has 17 heavy (non-hydrogen) atoms. The van der Waals surface area contributed by atoms with Crippen LogP contribution < -0.4 is 4.74 Å². The Balaban J connectivity index is 2.19. The van der Waals surface area contributed by atoms with Crippen LogP contribution in [0.15, 0.2) is 52.3 Å². The summed E-state index contributed by atoms with van der Waals surface area (Å²) in [5, 5.41) is 9.15. The number of methoxy groups -OCH3 is 1. The maximum atomic E-state index is 13.4. The average molecular weight is 250 g/mol. The van der Waals surface area contributed by atoms with E-state index in [9.17, 15) is 4.39 Å². The van der Waals surface area contributed by atoms with Crippen LogP contribution >= 0.6 is 11.8 Å². The molecule has 0 amide bonds. The lowest BCUT2D eigenvalue weighted by Gasteiger charge is -2.05. The normalized spacial score (nSPS) is 10.2. The lowest BCUT2D eigenvalue weighted by molar-refractivity contribution is 0.385. The summed E-state index contributed by atoms with van der Waals surface area (Å²) in [6.07, 6.45) is 0. The molecule has 0 radical (unpaired) electrons. The molecule has 0 aliphatic rings. The second-order valence-electron chi connectivity index (χ2n) is 3.39. The van der Waals surface area contributed by atoms with Gasteiger partial charge in [-0.1, -0.05) is 11.8 Å². The van der Waals surface area contributed by atoms with Crippen molar-refractivity contribution in [3.63, 3.8) is 0 Å². The minimum Gasteiger partial charge on any atom is -0.508 e. The third-order valence-electron chi connectivity index (χ3n) is 2.20. The van der Waals surface area contributed by atoms with Crippen LogP contribution in [0.1, 0.15) is 0 Å². The Bertz CT molecular complexity index is 511. The van der Waals surface area contributed by atoms with Crippen molar-refractivity contribution >= 4 is 11.8 Å². The van der Waals surface area contributed by atoms with Gasteiger partial charge < -0.3 is 9.84 Å². The van der Waals surface area contributed by atoms with E-state index in [0.29, 0.717) is 0 Å². The third kappa shape index (κ3) is 2.91. The first-order chi connectivity index (χ1) is 8.19. The van der Waals surface area contributed by atoms with Crippen LogP contribution in [-0.2, 0) is 0 Å². The van der Waals surface area contributed by atoms with E-state index >= 15 is 0 Å². The summed E-state index contributed by atoms with van der Waals surface area (Å²) in [6, 6.07) is 11.6. The lowest BCUT2D eigenvalue weighted by atomic mass is 10.3. The largest absolute Gasteiger partial charge is 0.508 e. The molecule has 0 heterocycles. The van der Waals surface area contributed by atoms with E-state index in [2.05, 4.69) is 0 Å². The van der Waals surface area contributed by atoms with E-state index in [4.69, 9.17) is 9.84 Å². The number of phenolic OH excluding ortho intramolecular Hbond substituents is 1. The van der Waals surface area contributed by atoms with Gasteiger partial charge in [0.05, 0.1) is 7.11 Å². The highest BCUT2D eigenvalue weighted by molar-refractivity contribution is 7.99. The molecule has 2 nitrogen and oxygen atoms in total. The van der Waals surface area contributed by atoms with Crippen LogP contribution in [0.4, 0.5) is 4.39 Å². The molecule has 2 rings (SSSR count). The zero-order valence-corrected chi connectivity index (χ0v) is 10.00. The predicted octanol–water partition coefficient (Wildman–Crippen LogP) is 3.69. The zero-order valence-electron chi connectivity index (χ0n) is 9.18. The van der Waals surface area contributed by atoms with E-state index < -0.39 is 0 Å². The molecule has 0 aliphatic carbocycles. The van der Waals surface area contributed by atoms with Crippen molar-refractivity contribution in [1.82, 2.24) is 0 Å². The fourth-order valence-corrected chi connectivity index (χ4v) is 2.20. The van der Waals surface area contributed by atoms with Gasteiger partial charge in [0.25, 0.3) is 0 Å². The van der Waals surface area contributed by atoms with Gasteiger partial charge in [-0.3, -0.25) is 0 Å². The van der Waals surface area contributed by atoms with Crippen molar-refractivity contribution < 1.29 is 14.2 Å². The molecule has 2 aromatic carbocycles. The third-order valence-corrected chi connectivity index (χ3v) is 3.19. The first-order valence-electron chi connectivity index (χ1n) is 4.99. The summed E-state index contributed by atoms with van der Waals surface area (Å²) in [7, 11) is 1.44. The Labute approximate surface area is 103 Å². The van der Waals surface area contributed by atoms with Crippen LogP contribution in [-0.4, -0.2) is 12.2 Å². The summed E-state index contributed by atoms with van der Waals surface area (Å²) in [5.41, 5.74) is 0. The van der Waals surface area contributed by atoms with Crippen LogP contribution in [0.25, 0.3) is 0 Å². The molecule has 0 fully saturated rings. The summed E-state index contributed by atoms with van der Waals surface area (Å²) in [5.74, 6) is 0.0756. The summed E-state index contributed by atoms with van der Waals surface area (Å²) >= 11 is 1.42. The quantitative estimate of drug-likeness (QED) is 0.900. The van der Waals surface area contributed by atoms with Gasteiger partial charge >= 0.3 is 0 Å². The number of benzene rings is 2. The molecule has 2 aromatic rings. The molecule has 1 N–H and O–H groups in total. The van der Waals surface area contributed by atoms with E-state index in [1.807, 2.05) is 0 Å². The number of hydrogen-bond donors (Lipinski definition) is 1. The highest BCUT2D eigenvalue weighted by Gasteiger charge is 2.04. The molecular formula is C13H11FO2S. The zero-order chi connectivity index (χ0) is 12.3. The number of rotatable bonds is 3. The Kier molecular flexibility index (Phi) is 3.54. The predicted molar refractivity (Wildman–Crippen MR) is 65.2 cm³/mol. The van der Waals surface area contributed by atoms with Crippen molar-refractivity contribution in [2.75, 3.05) is 7.11 Å². The molecule has 0 aromatic heterocycles. The molecule has 4 heteroatoms. The molecular weight excluding hydrogens is 239 g/mol. The molecule has 0 spiro atoms. The molecule has 0 atom stereocenters. The Morgan fingerprint density at radius 3 is 2.29 bits per heavy atom. The minimum absolute atomic E-state index is 0.218. The van der Waals surface area contributed by atoms with Gasteiger partial charge in [-0.25, -0.2) is 4.39 Å². The van der Waals surface area contributed by atoms with Crippen LogP contribution in [0.3, 0.4) is 0 Å². The monoisotopic (exact) mass is 250 g/mol. The first kappa shape index (κ1) is 11.8. The van der Waals surface area contributed by atoms with E-state index in [1.165, 1.54) is 24.9 Å². The second kappa shape index (κ2) is 5.10. The van der Waals surface area contributed by atoms with Gasteiger partial charge in [-0.05, 0) is 42.5 Å². The minimum atomic E-state index is -0.378. The fourth-order valence-electron chi connectivity index (χ4n) is 1.36. The van der Waals surface area contributed by atoms with E-state index in [-0.39, 0.29) is 17.3 Å². The van der Waals surface area contributed by atoms with E-state index in [0.717, 1.165) is 9.79 Å². The molecule has 88 valence electrons. The molecule has 0 aliphatic heterocycles. The van der Waals surface area contributed by atoms with Crippen molar-refractivity contribution in [3.05, 3.63) is 48.3 Å². The average Bonchev–Trinajstić information content (AvgIpc) is 2.32. The smallest absolute Gasteiger partial charge is 0.166 e. The maximum Gasteiger partial charge on any atom is 0.166 e.